The van der Waals surface area contributed by atoms with Crippen LogP contribution in [0.4, 0.5) is 10.5 Å². The molecule has 0 spiro atoms. The van der Waals surface area contributed by atoms with Gasteiger partial charge in [-0.05, 0) is 23.8 Å². The second kappa shape index (κ2) is 5.98. The molecule has 120 valence electrons. The summed E-state index contributed by atoms with van der Waals surface area (Å²) in [5.41, 5.74) is 0.732. The van der Waals surface area contributed by atoms with E-state index in [4.69, 9.17) is 23.2 Å². The lowest BCUT2D eigenvalue weighted by atomic mass is 10.2. The van der Waals surface area contributed by atoms with Crippen molar-refractivity contribution in [3.63, 3.8) is 0 Å². The highest BCUT2D eigenvalue weighted by molar-refractivity contribution is 9.10. The average Bonchev–Trinajstić information content (AvgIpc) is 2.43. The van der Waals surface area contributed by atoms with Gasteiger partial charge in [0.05, 0.1) is 17.3 Å². The van der Waals surface area contributed by atoms with Gasteiger partial charge in [0.25, 0.3) is 10.0 Å². The molecule has 2 aromatic carbocycles. The van der Waals surface area contributed by atoms with Crippen LogP contribution in [0.3, 0.4) is 0 Å². The van der Waals surface area contributed by atoms with Gasteiger partial charge < -0.3 is 5.32 Å². The summed E-state index contributed by atoms with van der Waals surface area (Å²) < 4.78 is 27.0. The van der Waals surface area contributed by atoms with E-state index >= 15 is 0 Å². The van der Waals surface area contributed by atoms with Gasteiger partial charge in [-0.25, -0.2) is 17.5 Å². The number of carbonyl (C=O) groups excluding carboxylic acids is 1. The maximum absolute atomic E-state index is 12.8. The lowest BCUT2D eigenvalue weighted by Crippen LogP contribution is -2.43. The molecule has 0 unspecified atom stereocenters. The van der Waals surface area contributed by atoms with Crippen LogP contribution >= 0.6 is 39.1 Å². The van der Waals surface area contributed by atoms with Crippen LogP contribution in [0.5, 0.6) is 0 Å². The first-order valence-electron chi connectivity index (χ1n) is 6.37. The fourth-order valence-electron chi connectivity index (χ4n) is 2.25. The van der Waals surface area contributed by atoms with Gasteiger partial charge in [-0.3, -0.25) is 0 Å². The molecule has 0 bridgehead atoms. The number of nitrogens with one attached hydrogen (secondary N) is 1. The first-order valence-corrected chi connectivity index (χ1v) is 9.36. The monoisotopic (exact) mass is 434 g/mol. The van der Waals surface area contributed by atoms with E-state index in [0.717, 1.165) is 4.31 Å². The van der Waals surface area contributed by atoms with Crippen LogP contribution in [0.1, 0.15) is 5.56 Å². The third kappa shape index (κ3) is 2.94. The molecule has 0 radical (unpaired) electrons. The van der Waals surface area contributed by atoms with Crippen molar-refractivity contribution in [2.75, 3.05) is 5.32 Å². The molecule has 1 heterocycles. The van der Waals surface area contributed by atoms with E-state index in [9.17, 15) is 13.2 Å². The van der Waals surface area contributed by atoms with E-state index in [-0.39, 0.29) is 27.2 Å². The smallest absolute Gasteiger partial charge is 0.306 e. The summed E-state index contributed by atoms with van der Waals surface area (Å²) in [7, 11) is -4.08. The van der Waals surface area contributed by atoms with Crippen LogP contribution in [-0.2, 0) is 16.6 Å². The molecule has 3 rings (SSSR count). The molecule has 1 aliphatic rings. The van der Waals surface area contributed by atoms with Gasteiger partial charge in [0.15, 0.2) is 0 Å². The van der Waals surface area contributed by atoms with Crippen molar-refractivity contribution in [1.29, 1.82) is 0 Å². The number of carbonyl (C=O) groups is 1. The molecule has 1 aliphatic heterocycles. The zero-order chi connectivity index (χ0) is 16.8. The number of nitrogens with zero attached hydrogens (tertiary/aromatic N) is 1. The predicted octanol–water partition coefficient (Wildman–Crippen LogP) is 4.49. The Morgan fingerprint density at radius 3 is 2.57 bits per heavy atom. The normalized spacial score (nSPS) is 16.0. The Hall–Kier alpha value is -1.28. The van der Waals surface area contributed by atoms with Crippen molar-refractivity contribution in [1.82, 2.24) is 4.31 Å². The van der Waals surface area contributed by atoms with Crippen LogP contribution in [0.25, 0.3) is 0 Å². The van der Waals surface area contributed by atoms with Crippen molar-refractivity contribution in [3.8, 4) is 0 Å². The quantitative estimate of drug-likeness (QED) is 0.755. The molecule has 2 aromatic rings. The summed E-state index contributed by atoms with van der Waals surface area (Å²) in [6.45, 7) is -0.117. The first kappa shape index (κ1) is 16.6. The standard InChI is InChI=1S/C14H9BrCl2N2O3S/c15-10-4-2-1-3-8(10)7-19-14(20)18-12-6-9(16)5-11(17)13(12)23(19,21)22/h1-6H,7H2,(H,18,20). The summed E-state index contributed by atoms with van der Waals surface area (Å²) in [5.74, 6) is 0. The second-order valence-corrected chi connectivity index (χ2v) is 8.29. The number of amides is 2. The van der Waals surface area contributed by atoms with Crippen LogP contribution in [0.2, 0.25) is 10.0 Å². The largest absolute Gasteiger partial charge is 0.336 e. The van der Waals surface area contributed by atoms with E-state index in [1.54, 1.807) is 24.3 Å². The highest BCUT2D eigenvalue weighted by Crippen LogP contribution is 2.38. The summed E-state index contributed by atoms with van der Waals surface area (Å²) in [4.78, 5) is 12.1. The van der Waals surface area contributed by atoms with E-state index in [1.807, 2.05) is 0 Å². The lowest BCUT2D eigenvalue weighted by Gasteiger charge is -2.29. The number of benzene rings is 2. The Morgan fingerprint density at radius 2 is 1.87 bits per heavy atom. The SMILES string of the molecule is O=C1Nc2cc(Cl)cc(Cl)c2S(=O)(=O)N1Cc1ccccc1Br. The van der Waals surface area contributed by atoms with Gasteiger partial charge in [-0.2, -0.15) is 0 Å². The molecule has 0 atom stereocenters. The Balaban J connectivity index is 2.10. The van der Waals surface area contributed by atoms with Crippen molar-refractivity contribution in [2.45, 2.75) is 11.4 Å². The number of halogens is 3. The van der Waals surface area contributed by atoms with E-state index in [0.29, 0.717) is 10.0 Å². The minimum atomic E-state index is -4.08. The molecular weight excluding hydrogens is 427 g/mol. The number of urea groups is 1. The third-order valence-corrected chi connectivity index (χ3v) is 6.53. The number of hydrogen-bond donors (Lipinski definition) is 1. The molecule has 0 saturated carbocycles. The van der Waals surface area contributed by atoms with Gasteiger partial charge >= 0.3 is 6.03 Å². The van der Waals surface area contributed by atoms with Gasteiger partial charge in [-0.1, -0.05) is 57.3 Å². The number of sulfonamides is 1. The molecule has 0 aliphatic carbocycles. The number of anilines is 1. The third-order valence-electron chi connectivity index (χ3n) is 3.30. The van der Waals surface area contributed by atoms with Crippen LogP contribution in [0, 0.1) is 0 Å². The predicted molar refractivity (Wildman–Crippen MR) is 92.4 cm³/mol. The van der Waals surface area contributed by atoms with E-state index in [2.05, 4.69) is 21.2 Å². The van der Waals surface area contributed by atoms with E-state index in [1.165, 1.54) is 12.1 Å². The first-order chi connectivity index (χ1) is 10.8. The minimum absolute atomic E-state index is 0.0374. The van der Waals surface area contributed by atoms with Crippen molar-refractivity contribution in [2.24, 2.45) is 0 Å². The van der Waals surface area contributed by atoms with Crippen LogP contribution < -0.4 is 5.32 Å². The molecule has 2 amide bonds. The fourth-order valence-corrected chi connectivity index (χ4v) is 4.93. The molecule has 0 saturated heterocycles. The molecular formula is C14H9BrCl2N2O3S. The van der Waals surface area contributed by atoms with Crippen molar-refractivity contribution >= 4 is 60.9 Å². The molecule has 0 aromatic heterocycles. The molecule has 1 N–H and O–H groups in total. The molecule has 0 fully saturated rings. The zero-order valence-electron chi connectivity index (χ0n) is 11.4. The van der Waals surface area contributed by atoms with Crippen LogP contribution in [-0.4, -0.2) is 18.8 Å². The van der Waals surface area contributed by atoms with Crippen molar-refractivity contribution < 1.29 is 13.2 Å². The van der Waals surface area contributed by atoms with Gasteiger partial charge in [0, 0.05) is 9.50 Å². The number of fused-ring (bicyclic) bond motifs is 1. The number of hydrogen-bond acceptors (Lipinski definition) is 3. The van der Waals surface area contributed by atoms with Gasteiger partial charge in [0.2, 0.25) is 0 Å². The van der Waals surface area contributed by atoms with E-state index < -0.39 is 16.1 Å². The minimum Gasteiger partial charge on any atom is -0.306 e. The maximum atomic E-state index is 12.8. The van der Waals surface area contributed by atoms with Gasteiger partial charge in [-0.15, -0.1) is 0 Å². The maximum Gasteiger partial charge on any atom is 0.336 e. The van der Waals surface area contributed by atoms with Gasteiger partial charge in [0.1, 0.15) is 4.90 Å². The highest BCUT2D eigenvalue weighted by Gasteiger charge is 2.38. The molecule has 5 nitrogen and oxygen atoms in total. The summed E-state index contributed by atoms with van der Waals surface area (Å²) >= 11 is 15.2. The summed E-state index contributed by atoms with van der Waals surface area (Å²) in [5, 5.41) is 2.71. The number of rotatable bonds is 2. The highest BCUT2D eigenvalue weighted by atomic mass is 79.9. The summed E-state index contributed by atoms with van der Waals surface area (Å²) in [6.07, 6.45) is 0. The Morgan fingerprint density at radius 1 is 1.17 bits per heavy atom. The topological polar surface area (TPSA) is 66.5 Å². The fraction of sp³-hybridized carbons (Fsp3) is 0.0714. The average molecular weight is 436 g/mol. The molecule has 9 heteroatoms. The second-order valence-electron chi connectivity index (χ2n) is 4.80. The Bertz CT molecular complexity index is 918. The van der Waals surface area contributed by atoms with Crippen molar-refractivity contribution in [3.05, 3.63) is 56.5 Å². The lowest BCUT2D eigenvalue weighted by molar-refractivity contribution is 0.233. The van der Waals surface area contributed by atoms with Crippen LogP contribution in [0.15, 0.2) is 45.8 Å². The Labute approximate surface area is 151 Å². The Kier molecular flexibility index (Phi) is 4.31. The molecule has 23 heavy (non-hydrogen) atoms. The zero-order valence-corrected chi connectivity index (χ0v) is 15.3. The summed E-state index contributed by atoms with van der Waals surface area (Å²) in [6, 6.07) is 8.98.